The van der Waals surface area contributed by atoms with Gasteiger partial charge in [-0.3, -0.25) is 4.79 Å². The molecule has 4 nitrogen and oxygen atoms in total. The van der Waals surface area contributed by atoms with E-state index in [4.69, 9.17) is 4.74 Å². The Balaban J connectivity index is 1.63. The van der Waals surface area contributed by atoms with Crippen LogP contribution in [0.1, 0.15) is 30.2 Å². The molecule has 0 aliphatic carbocycles. The summed E-state index contributed by atoms with van der Waals surface area (Å²) in [4.78, 5) is 16.7. The maximum absolute atomic E-state index is 12.2. The molecular formula is C17H24N2O2S. The van der Waals surface area contributed by atoms with E-state index in [1.54, 1.807) is 18.9 Å². The molecule has 2 fully saturated rings. The number of hydrogen-bond acceptors (Lipinski definition) is 4. The molecule has 0 spiro atoms. The molecule has 2 aliphatic rings. The minimum Gasteiger partial charge on any atom is -0.497 e. The van der Waals surface area contributed by atoms with Crippen molar-refractivity contribution in [1.29, 1.82) is 0 Å². The van der Waals surface area contributed by atoms with Gasteiger partial charge in [-0.1, -0.05) is 18.6 Å². The van der Waals surface area contributed by atoms with Gasteiger partial charge in [0.15, 0.2) is 0 Å². The van der Waals surface area contributed by atoms with Crippen molar-refractivity contribution in [2.24, 2.45) is 0 Å². The molecule has 2 saturated heterocycles. The van der Waals surface area contributed by atoms with Gasteiger partial charge in [-0.15, -0.1) is 11.8 Å². The third-order valence-corrected chi connectivity index (χ3v) is 5.73. The number of hydrogen-bond donors (Lipinski definition) is 0. The lowest BCUT2D eigenvalue weighted by Gasteiger charge is -2.30. The molecule has 2 heterocycles. The molecule has 0 aromatic heterocycles. The Morgan fingerprint density at radius 1 is 1.14 bits per heavy atom. The first-order valence-electron chi connectivity index (χ1n) is 8.05. The highest BCUT2D eigenvalue weighted by Crippen LogP contribution is 2.38. The first-order chi connectivity index (χ1) is 10.8. The summed E-state index contributed by atoms with van der Waals surface area (Å²) in [5.74, 6) is 1.72. The normalized spacial score (nSPS) is 23.0. The topological polar surface area (TPSA) is 32.8 Å². The summed E-state index contributed by atoms with van der Waals surface area (Å²) in [7, 11) is 1.67. The van der Waals surface area contributed by atoms with Crippen LogP contribution in [0.2, 0.25) is 0 Å². The Hall–Kier alpha value is -1.20. The highest BCUT2D eigenvalue weighted by molar-refractivity contribution is 8.00. The highest BCUT2D eigenvalue weighted by Gasteiger charge is 2.32. The molecule has 1 aromatic rings. The molecule has 0 unspecified atom stereocenters. The van der Waals surface area contributed by atoms with Crippen molar-refractivity contribution in [1.82, 2.24) is 9.80 Å². The minimum atomic E-state index is 0.156. The van der Waals surface area contributed by atoms with Gasteiger partial charge < -0.3 is 14.5 Å². The number of amides is 1. The van der Waals surface area contributed by atoms with Crippen LogP contribution in [-0.4, -0.2) is 54.7 Å². The smallest absolute Gasteiger partial charge is 0.233 e. The third kappa shape index (κ3) is 3.58. The number of nitrogens with zero attached hydrogens (tertiary/aromatic N) is 2. The maximum atomic E-state index is 12.2. The van der Waals surface area contributed by atoms with E-state index in [0.29, 0.717) is 5.75 Å². The van der Waals surface area contributed by atoms with E-state index >= 15 is 0 Å². The SMILES string of the molecule is COc1ccc([C@H]2SCC(=O)N2CCN2CCCCC2)cc1. The summed E-state index contributed by atoms with van der Waals surface area (Å²) in [5.41, 5.74) is 1.19. The lowest BCUT2D eigenvalue weighted by Crippen LogP contribution is -2.39. The van der Waals surface area contributed by atoms with Crippen molar-refractivity contribution >= 4 is 17.7 Å². The predicted molar refractivity (Wildman–Crippen MR) is 90.2 cm³/mol. The average Bonchev–Trinajstić information content (AvgIpc) is 2.95. The second kappa shape index (κ2) is 7.38. The molecule has 1 amide bonds. The fourth-order valence-electron chi connectivity index (χ4n) is 3.17. The van der Waals surface area contributed by atoms with Crippen LogP contribution in [0, 0.1) is 0 Å². The zero-order chi connectivity index (χ0) is 15.4. The van der Waals surface area contributed by atoms with Crippen molar-refractivity contribution in [2.75, 3.05) is 39.0 Å². The van der Waals surface area contributed by atoms with Gasteiger partial charge in [0, 0.05) is 13.1 Å². The number of carbonyl (C=O) groups is 1. The van der Waals surface area contributed by atoms with Crippen LogP contribution in [-0.2, 0) is 4.79 Å². The number of ether oxygens (including phenoxy) is 1. The largest absolute Gasteiger partial charge is 0.497 e. The molecule has 2 aliphatic heterocycles. The molecule has 1 aromatic carbocycles. The zero-order valence-corrected chi connectivity index (χ0v) is 14.0. The van der Waals surface area contributed by atoms with Gasteiger partial charge in [0.25, 0.3) is 0 Å². The second-order valence-electron chi connectivity index (χ2n) is 5.93. The first-order valence-corrected chi connectivity index (χ1v) is 9.10. The Bertz CT molecular complexity index is 500. The molecule has 22 heavy (non-hydrogen) atoms. The Labute approximate surface area is 136 Å². The lowest BCUT2D eigenvalue weighted by molar-refractivity contribution is -0.128. The van der Waals surface area contributed by atoms with E-state index in [1.807, 2.05) is 17.0 Å². The monoisotopic (exact) mass is 320 g/mol. The van der Waals surface area contributed by atoms with Crippen LogP contribution >= 0.6 is 11.8 Å². The van der Waals surface area contributed by atoms with Gasteiger partial charge in [0.1, 0.15) is 11.1 Å². The van der Waals surface area contributed by atoms with Crippen molar-refractivity contribution in [2.45, 2.75) is 24.6 Å². The number of thioether (sulfide) groups is 1. The maximum Gasteiger partial charge on any atom is 0.233 e. The van der Waals surface area contributed by atoms with Gasteiger partial charge in [-0.25, -0.2) is 0 Å². The standard InChI is InChI=1S/C17H24N2O2S/c1-21-15-7-5-14(6-8-15)17-19(16(20)13-22-17)12-11-18-9-3-2-4-10-18/h5-8,17H,2-4,9-13H2,1H3/t17-/m1/s1. The Morgan fingerprint density at radius 3 is 2.55 bits per heavy atom. The number of carbonyl (C=O) groups excluding carboxylic acids is 1. The summed E-state index contributed by atoms with van der Waals surface area (Å²) in [6.45, 7) is 4.20. The van der Waals surface area contributed by atoms with Crippen LogP contribution < -0.4 is 4.74 Å². The molecule has 3 rings (SSSR count). The summed E-state index contributed by atoms with van der Waals surface area (Å²) >= 11 is 1.73. The zero-order valence-electron chi connectivity index (χ0n) is 13.2. The number of methoxy groups -OCH3 is 1. The summed E-state index contributed by atoms with van der Waals surface area (Å²) in [6.07, 6.45) is 3.94. The molecule has 5 heteroatoms. The number of benzene rings is 1. The highest BCUT2D eigenvalue weighted by atomic mass is 32.2. The molecule has 0 N–H and O–H groups in total. The van der Waals surface area contributed by atoms with Crippen molar-refractivity contribution in [3.63, 3.8) is 0 Å². The van der Waals surface area contributed by atoms with Crippen molar-refractivity contribution in [3.05, 3.63) is 29.8 Å². The summed E-state index contributed by atoms with van der Waals surface area (Å²) in [5, 5.41) is 0.156. The Kier molecular flexibility index (Phi) is 5.26. The van der Waals surface area contributed by atoms with E-state index in [-0.39, 0.29) is 11.3 Å². The number of piperidine rings is 1. The second-order valence-corrected chi connectivity index (χ2v) is 6.99. The fourth-order valence-corrected chi connectivity index (χ4v) is 4.39. The quantitative estimate of drug-likeness (QED) is 0.835. The van der Waals surface area contributed by atoms with E-state index in [1.165, 1.54) is 37.9 Å². The van der Waals surface area contributed by atoms with E-state index < -0.39 is 0 Å². The van der Waals surface area contributed by atoms with Gasteiger partial charge in [-0.05, 0) is 43.6 Å². The molecule has 0 bridgehead atoms. The molecular weight excluding hydrogens is 296 g/mol. The Morgan fingerprint density at radius 2 is 1.86 bits per heavy atom. The predicted octanol–water partition coefficient (Wildman–Crippen LogP) is 2.76. The van der Waals surface area contributed by atoms with Crippen LogP contribution in [0.4, 0.5) is 0 Å². The minimum absolute atomic E-state index is 0.156. The van der Waals surface area contributed by atoms with Gasteiger partial charge in [0.05, 0.1) is 12.9 Å². The van der Waals surface area contributed by atoms with Gasteiger partial charge in [0.2, 0.25) is 5.91 Å². The van der Waals surface area contributed by atoms with E-state index in [9.17, 15) is 4.79 Å². The summed E-state index contributed by atoms with van der Waals surface area (Å²) < 4.78 is 5.21. The number of rotatable bonds is 5. The van der Waals surface area contributed by atoms with Gasteiger partial charge >= 0.3 is 0 Å². The van der Waals surface area contributed by atoms with Crippen LogP contribution in [0.25, 0.3) is 0 Å². The molecule has 0 saturated carbocycles. The lowest BCUT2D eigenvalue weighted by atomic mass is 10.1. The van der Waals surface area contributed by atoms with Crippen molar-refractivity contribution in [3.8, 4) is 5.75 Å². The van der Waals surface area contributed by atoms with E-state index in [2.05, 4.69) is 17.0 Å². The molecule has 120 valence electrons. The first kappa shape index (κ1) is 15.7. The third-order valence-electron chi connectivity index (χ3n) is 4.47. The molecule has 0 radical (unpaired) electrons. The van der Waals surface area contributed by atoms with Gasteiger partial charge in [-0.2, -0.15) is 0 Å². The van der Waals surface area contributed by atoms with Crippen LogP contribution in [0.15, 0.2) is 24.3 Å². The average molecular weight is 320 g/mol. The van der Waals surface area contributed by atoms with E-state index in [0.717, 1.165) is 18.8 Å². The fraction of sp³-hybridized carbons (Fsp3) is 0.588. The summed E-state index contributed by atoms with van der Waals surface area (Å²) in [6, 6.07) is 8.09. The molecule has 1 atom stereocenters. The van der Waals surface area contributed by atoms with Crippen LogP contribution in [0.3, 0.4) is 0 Å². The van der Waals surface area contributed by atoms with Crippen molar-refractivity contribution < 1.29 is 9.53 Å². The van der Waals surface area contributed by atoms with Crippen LogP contribution in [0.5, 0.6) is 5.75 Å². The number of likely N-dealkylation sites (tertiary alicyclic amines) is 1.